The van der Waals surface area contributed by atoms with Gasteiger partial charge >= 0.3 is 5.97 Å². The SMILES string of the molecule is COc1ccc(/C=C(\NC(=O)c2ccc(C)cc2)C(=O)N[C@H](C)C(=O)O)cc1. The van der Waals surface area contributed by atoms with Crippen molar-refractivity contribution < 1.29 is 24.2 Å². The molecule has 0 radical (unpaired) electrons. The molecule has 0 aliphatic heterocycles. The molecule has 0 aliphatic rings. The molecule has 0 saturated heterocycles. The molecule has 2 aromatic carbocycles. The Hall–Kier alpha value is -3.61. The van der Waals surface area contributed by atoms with Crippen molar-refractivity contribution in [2.45, 2.75) is 19.9 Å². The second kappa shape index (κ2) is 9.36. The Morgan fingerprint density at radius 3 is 2.18 bits per heavy atom. The van der Waals surface area contributed by atoms with Crippen LogP contribution in [-0.2, 0) is 9.59 Å². The van der Waals surface area contributed by atoms with Gasteiger partial charge in [-0.05, 0) is 49.8 Å². The average molecular weight is 382 g/mol. The molecule has 2 aromatic rings. The van der Waals surface area contributed by atoms with Gasteiger partial charge in [0.15, 0.2) is 0 Å². The van der Waals surface area contributed by atoms with Gasteiger partial charge in [0.05, 0.1) is 7.11 Å². The molecule has 7 nitrogen and oxygen atoms in total. The largest absolute Gasteiger partial charge is 0.497 e. The highest BCUT2D eigenvalue weighted by Crippen LogP contribution is 2.14. The van der Waals surface area contributed by atoms with Gasteiger partial charge in [0.1, 0.15) is 17.5 Å². The van der Waals surface area contributed by atoms with Crippen LogP contribution in [-0.4, -0.2) is 36.0 Å². The van der Waals surface area contributed by atoms with Crippen molar-refractivity contribution in [2.75, 3.05) is 7.11 Å². The number of amides is 2. The van der Waals surface area contributed by atoms with Gasteiger partial charge in [0, 0.05) is 5.56 Å². The summed E-state index contributed by atoms with van der Waals surface area (Å²) in [5, 5.41) is 13.9. The average Bonchev–Trinajstić information content (AvgIpc) is 2.68. The summed E-state index contributed by atoms with van der Waals surface area (Å²) in [5.41, 5.74) is 1.95. The Morgan fingerprint density at radius 2 is 1.64 bits per heavy atom. The first kappa shape index (κ1) is 20.7. The lowest BCUT2D eigenvalue weighted by atomic mass is 10.1. The van der Waals surface area contributed by atoms with Crippen molar-refractivity contribution in [1.82, 2.24) is 10.6 Å². The van der Waals surface area contributed by atoms with Crippen molar-refractivity contribution in [3.8, 4) is 5.75 Å². The van der Waals surface area contributed by atoms with Gasteiger partial charge < -0.3 is 20.5 Å². The fourth-order valence-electron chi connectivity index (χ4n) is 2.26. The van der Waals surface area contributed by atoms with Crippen LogP contribution in [0.2, 0.25) is 0 Å². The number of carboxylic acid groups (broad SMARTS) is 1. The smallest absolute Gasteiger partial charge is 0.325 e. The molecule has 0 saturated carbocycles. The van der Waals surface area contributed by atoms with E-state index >= 15 is 0 Å². The summed E-state index contributed by atoms with van der Waals surface area (Å²) in [7, 11) is 1.54. The lowest BCUT2D eigenvalue weighted by molar-refractivity contribution is -0.140. The van der Waals surface area contributed by atoms with Gasteiger partial charge in [-0.25, -0.2) is 0 Å². The molecule has 0 bridgehead atoms. The molecular formula is C21H22N2O5. The molecule has 2 amide bonds. The number of carbonyl (C=O) groups is 3. The van der Waals surface area contributed by atoms with Crippen molar-refractivity contribution in [3.63, 3.8) is 0 Å². The Morgan fingerprint density at radius 1 is 1.04 bits per heavy atom. The normalized spacial score (nSPS) is 12.0. The fraction of sp³-hybridized carbons (Fsp3) is 0.190. The van der Waals surface area contributed by atoms with Gasteiger partial charge in [0.2, 0.25) is 0 Å². The van der Waals surface area contributed by atoms with Crippen LogP contribution >= 0.6 is 0 Å². The Bertz CT molecular complexity index is 886. The molecule has 146 valence electrons. The summed E-state index contributed by atoms with van der Waals surface area (Å²) in [4.78, 5) is 36.1. The summed E-state index contributed by atoms with van der Waals surface area (Å²) in [6.07, 6.45) is 1.47. The standard InChI is InChI=1S/C21H22N2O5/c1-13-4-8-16(9-5-13)19(24)23-18(20(25)22-14(2)21(26)27)12-15-6-10-17(28-3)11-7-15/h4-12,14H,1-3H3,(H,22,25)(H,23,24)(H,26,27)/b18-12-/t14-/m1/s1. The second-order valence-corrected chi connectivity index (χ2v) is 6.18. The number of methoxy groups -OCH3 is 1. The lowest BCUT2D eigenvalue weighted by Gasteiger charge is -2.13. The van der Waals surface area contributed by atoms with Crippen LogP contribution < -0.4 is 15.4 Å². The van der Waals surface area contributed by atoms with Gasteiger partial charge in [-0.3, -0.25) is 14.4 Å². The number of aliphatic carboxylic acids is 1. The van der Waals surface area contributed by atoms with Crippen LogP contribution in [0.1, 0.15) is 28.4 Å². The molecule has 0 aliphatic carbocycles. The van der Waals surface area contributed by atoms with Crippen LogP contribution in [0.25, 0.3) is 6.08 Å². The Labute approximate surface area is 163 Å². The molecule has 0 unspecified atom stereocenters. The van der Waals surface area contributed by atoms with Crippen LogP contribution in [0.5, 0.6) is 5.75 Å². The highest BCUT2D eigenvalue weighted by molar-refractivity contribution is 6.06. The number of rotatable bonds is 7. The van der Waals surface area contributed by atoms with E-state index in [-0.39, 0.29) is 5.70 Å². The zero-order chi connectivity index (χ0) is 20.7. The minimum atomic E-state index is -1.18. The van der Waals surface area contributed by atoms with Gasteiger partial charge in [-0.1, -0.05) is 29.8 Å². The number of ether oxygens (including phenoxy) is 1. The highest BCUT2D eigenvalue weighted by atomic mass is 16.5. The number of hydrogen-bond acceptors (Lipinski definition) is 4. The van der Waals surface area contributed by atoms with E-state index in [1.165, 1.54) is 13.0 Å². The van der Waals surface area contributed by atoms with E-state index < -0.39 is 23.8 Å². The van der Waals surface area contributed by atoms with Crippen molar-refractivity contribution in [3.05, 3.63) is 70.9 Å². The molecule has 1 atom stereocenters. The van der Waals surface area contributed by atoms with Crippen LogP contribution in [0.4, 0.5) is 0 Å². The van der Waals surface area contributed by atoms with Gasteiger partial charge in [-0.15, -0.1) is 0 Å². The number of aryl methyl sites for hydroxylation is 1. The Balaban J connectivity index is 2.29. The third-order valence-corrected chi connectivity index (χ3v) is 3.95. The first-order valence-corrected chi connectivity index (χ1v) is 8.57. The number of hydrogen-bond donors (Lipinski definition) is 3. The zero-order valence-electron chi connectivity index (χ0n) is 15.9. The first-order chi connectivity index (χ1) is 13.3. The summed E-state index contributed by atoms with van der Waals surface area (Å²) < 4.78 is 5.10. The third-order valence-electron chi connectivity index (χ3n) is 3.95. The number of carbonyl (C=O) groups excluding carboxylic acids is 2. The topological polar surface area (TPSA) is 105 Å². The van der Waals surface area contributed by atoms with Crippen LogP contribution in [0, 0.1) is 6.92 Å². The van der Waals surface area contributed by atoms with Crippen LogP contribution in [0.3, 0.4) is 0 Å². The van der Waals surface area contributed by atoms with E-state index in [1.54, 1.807) is 55.6 Å². The van der Waals surface area contributed by atoms with E-state index in [2.05, 4.69) is 10.6 Å². The van der Waals surface area contributed by atoms with Crippen molar-refractivity contribution >= 4 is 23.9 Å². The predicted molar refractivity (Wildman–Crippen MR) is 105 cm³/mol. The van der Waals surface area contributed by atoms with Crippen molar-refractivity contribution in [2.24, 2.45) is 0 Å². The van der Waals surface area contributed by atoms with E-state index in [9.17, 15) is 14.4 Å². The Kier molecular flexibility index (Phi) is 6.92. The molecule has 7 heteroatoms. The maximum Gasteiger partial charge on any atom is 0.325 e. The van der Waals surface area contributed by atoms with Crippen LogP contribution in [0.15, 0.2) is 54.2 Å². The minimum absolute atomic E-state index is 0.0659. The maximum absolute atomic E-state index is 12.5. The molecular weight excluding hydrogens is 360 g/mol. The zero-order valence-corrected chi connectivity index (χ0v) is 15.9. The molecule has 2 rings (SSSR count). The molecule has 0 fully saturated rings. The second-order valence-electron chi connectivity index (χ2n) is 6.18. The van der Waals surface area contributed by atoms with E-state index in [4.69, 9.17) is 9.84 Å². The van der Waals surface area contributed by atoms with Gasteiger partial charge in [0.25, 0.3) is 11.8 Å². The summed E-state index contributed by atoms with van der Waals surface area (Å²) in [6.45, 7) is 3.24. The highest BCUT2D eigenvalue weighted by Gasteiger charge is 2.19. The fourth-order valence-corrected chi connectivity index (χ4v) is 2.26. The van der Waals surface area contributed by atoms with E-state index in [1.807, 2.05) is 6.92 Å². The molecule has 0 aromatic heterocycles. The molecule has 28 heavy (non-hydrogen) atoms. The summed E-state index contributed by atoms with van der Waals surface area (Å²) >= 11 is 0. The lowest BCUT2D eigenvalue weighted by Crippen LogP contribution is -2.42. The number of nitrogens with one attached hydrogen (secondary N) is 2. The molecule has 3 N–H and O–H groups in total. The van der Waals surface area contributed by atoms with Crippen molar-refractivity contribution in [1.29, 1.82) is 0 Å². The first-order valence-electron chi connectivity index (χ1n) is 8.57. The quantitative estimate of drug-likeness (QED) is 0.638. The van der Waals surface area contributed by atoms with Gasteiger partial charge in [-0.2, -0.15) is 0 Å². The maximum atomic E-state index is 12.5. The molecule has 0 spiro atoms. The monoisotopic (exact) mass is 382 g/mol. The summed E-state index contributed by atoms with van der Waals surface area (Å²) in [5.74, 6) is -1.71. The summed E-state index contributed by atoms with van der Waals surface area (Å²) in [6, 6.07) is 12.6. The number of carboxylic acids is 1. The predicted octanol–water partition coefficient (Wildman–Crippen LogP) is 2.36. The number of benzene rings is 2. The van der Waals surface area contributed by atoms with E-state index in [0.717, 1.165) is 5.56 Å². The molecule has 0 heterocycles. The van der Waals surface area contributed by atoms with E-state index in [0.29, 0.717) is 16.9 Å². The third kappa shape index (κ3) is 5.70. The minimum Gasteiger partial charge on any atom is -0.497 e.